The first-order valence-electron chi connectivity index (χ1n) is 6.37. The molecule has 2 N–H and O–H groups in total. The van der Waals surface area contributed by atoms with E-state index >= 15 is 0 Å². The van der Waals surface area contributed by atoms with Crippen molar-refractivity contribution in [1.82, 2.24) is 15.0 Å². The number of aromatic amines is 2. The second-order valence-corrected chi connectivity index (χ2v) is 4.80. The van der Waals surface area contributed by atoms with Crippen LogP contribution in [0.3, 0.4) is 0 Å². The SMILES string of the molecule is Cl.c1ccc2c(c1)[nH]c1cc(Cc3cnc[nH]3)ccc12. The molecule has 100 valence electrons. The van der Waals surface area contributed by atoms with Crippen LogP contribution in [0.25, 0.3) is 21.8 Å². The fourth-order valence-electron chi connectivity index (χ4n) is 2.61. The van der Waals surface area contributed by atoms with Crippen LogP contribution in [0.4, 0.5) is 0 Å². The molecule has 2 aromatic carbocycles. The molecule has 2 heterocycles. The van der Waals surface area contributed by atoms with Crippen molar-refractivity contribution in [2.75, 3.05) is 0 Å². The Kier molecular flexibility index (Phi) is 3.20. The van der Waals surface area contributed by atoms with E-state index in [4.69, 9.17) is 0 Å². The van der Waals surface area contributed by atoms with Gasteiger partial charge in [0.15, 0.2) is 0 Å². The number of halogens is 1. The van der Waals surface area contributed by atoms with Gasteiger partial charge in [-0.25, -0.2) is 4.98 Å². The third kappa shape index (κ3) is 2.06. The largest absolute Gasteiger partial charge is 0.355 e. The van der Waals surface area contributed by atoms with Crippen LogP contribution >= 0.6 is 12.4 Å². The van der Waals surface area contributed by atoms with Gasteiger partial charge in [0.25, 0.3) is 0 Å². The second kappa shape index (κ2) is 5.02. The summed E-state index contributed by atoms with van der Waals surface area (Å²) < 4.78 is 0. The van der Waals surface area contributed by atoms with Crippen LogP contribution in [0.2, 0.25) is 0 Å². The molecule has 20 heavy (non-hydrogen) atoms. The van der Waals surface area contributed by atoms with Crippen LogP contribution in [0, 0.1) is 0 Å². The summed E-state index contributed by atoms with van der Waals surface area (Å²) in [6.45, 7) is 0. The normalized spacial score (nSPS) is 10.8. The summed E-state index contributed by atoms with van der Waals surface area (Å²) in [7, 11) is 0. The quantitative estimate of drug-likeness (QED) is 0.572. The topological polar surface area (TPSA) is 44.5 Å². The van der Waals surface area contributed by atoms with Gasteiger partial charge in [0.2, 0.25) is 0 Å². The molecule has 4 aromatic rings. The molecule has 4 rings (SSSR count). The standard InChI is InChI=1S/C16H13N3.ClH/c1-2-4-15-13(3-1)14-6-5-11(8-16(14)19-15)7-12-9-17-10-18-12;/h1-6,8-10,19H,7H2,(H,17,18);1H. The van der Waals surface area contributed by atoms with Gasteiger partial charge in [-0.1, -0.05) is 30.3 Å². The Balaban J connectivity index is 0.00000121. The third-order valence-corrected chi connectivity index (χ3v) is 3.52. The summed E-state index contributed by atoms with van der Waals surface area (Å²) in [5, 5.41) is 2.56. The molecule has 4 heteroatoms. The maximum atomic E-state index is 4.05. The number of hydrogen-bond acceptors (Lipinski definition) is 1. The third-order valence-electron chi connectivity index (χ3n) is 3.52. The number of imidazole rings is 1. The van der Waals surface area contributed by atoms with Crippen LogP contribution < -0.4 is 0 Å². The maximum absolute atomic E-state index is 4.05. The molecular formula is C16H14ClN3. The number of nitrogens with one attached hydrogen (secondary N) is 2. The number of H-pyrrole nitrogens is 2. The van der Waals surface area contributed by atoms with Gasteiger partial charge in [-0.2, -0.15) is 0 Å². The fourth-order valence-corrected chi connectivity index (χ4v) is 2.61. The predicted octanol–water partition coefficient (Wildman–Crippen LogP) is 4.06. The first-order chi connectivity index (χ1) is 9.40. The lowest BCUT2D eigenvalue weighted by Crippen LogP contribution is -1.87. The van der Waals surface area contributed by atoms with Crippen molar-refractivity contribution >= 4 is 34.2 Å². The van der Waals surface area contributed by atoms with E-state index in [-0.39, 0.29) is 12.4 Å². The lowest BCUT2D eigenvalue weighted by atomic mass is 10.1. The average molecular weight is 284 g/mol. The summed E-state index contributed by atoms with van der Waals surface area (Å²) in [6, 6.07) is 15.0. The highest BCUT2D eigenvalue weighted by atomic mass is 35.5. The number of nitrogens with zero attached hydrogens (tertiary/aromatic N) is 1. The van der Waals surface area contributed by atoms with Crippen molar-refractivity contribution in [2.24, 2.45) is 0 Å². The number of aromatic nitrogens is 3. The predicted molar refractivity (Wildman–Crippen MR) is 84.4 cm³/mol. The van der Waals surface area contributed by atoms with E-state index in [1.54, 1.807) is 6.33 Å². The van der Waals surface area contributed by atoms with Crippen molar-refractivity contribution in [3.05, 3.63) is 66.2 Å². The van der Waals surface area contributed by atoms with Gasteiger partial charge in [-0.3, -0.25) is 0 Å². The number of fused-ring (bicyclic) bond motifs is 3. The molecule has 0 aliphatic rings. The van der Waals surface area contributed by atoms with Crippen LogP contribution in [0.15, 0.2) is 55.0 Å². The molecule has 0 fully saturated rings. The summed E-state index contributed by atoms with van der Waals surface area (Å²) in [5.74, 6) is 0. The van der Waals surface area contributed by atoms with E-state index in [1.807, 2.05) is 6.20 Å². The zero-order valence-corrected chi connectivity index (χ0v) is 11.6. The molecule has 0 saturated carbocycles. The zero-order chi connectivity index (χ0) is 12.7. The second-order valence-electron chi connectivity index (χ2n) is 4.80. The van der Waals surface area contributed by atoms with Gasteiger partial charge in [-0.05, 0) is 17.7 Å². The summed E-state index contributed by atoms with van der Waals surface area (Å²) in [4.78, 5) is 10.7. The molecule has 0 unspecified atom stereocenters. The number of benzene rings is 2. The molecule has 0 radical (unpaired) electrons. The minimum Gasteiger partial charge on any atom is -0.355 e. The Morgan fingerprint density at radius 2 is 1.80 bits per heavy atom. The minimum atomic E-state index is 0. The molecule has 0 aliphatic carbocycles. The van der Waals surface area contributed by atoms with Crippen molar-refractivity contribution in [1.29, 1.82) is 0 Å². The fraction of sp³-hybridized carbons (Fsp3) is 0.0625. The lowest BCUT2D eigenvalue weighted by Gasteiger charge is -1.99. The van der Waals surface area contributed by atoms with E-state index < -0.39 is 0 Å². The monoisotopic (exact) mass is 283 g/mol. The van der Waals surface area contributed by atoms with Crippen LogP contribution in [-0.2, 0) is 6.42 Å². The highest BCUT2D eigenvalue weighted by molar-refractivity contribution is 6.07. The van der Waals surface area contributed by atoms with Gasteiger partial charge >= 0.3 is 0 Å². The minimum absolute atomic E-state index is 0. The summed E-state index contributed by atoms with van der Waals surface area (Å²) >= 11 is 0. The molecule has 0 saturated heterocycles. The molecule has 3 nitrogen and oxygen atoms in total. The van der Waals surface area contributed by atoms with E-state index in [0.29, 0.717) is 0 Å². The highest BCUT2D eigenvalue weighted by Crippen LogP contribution is 2.26. The van der Waals surface area contributed by atoms with E-state index in [0.717, 1.165) is 12.1 Å². The summed E-state index contributed by atoms with van der Waals surface area (Å²) in [6.07, 6.45) is 4.47. The maximum Gasteiger partial charge on any atom is 0.0921 e. The molecule has 0 bridgehead atoms. The van der Waals surface area contributed by atoms with Gasteiger partial charge in [0, 0.05) is 40.1 Å². The Morgan fingerprint density at radius 3 is 2.65 bits per heavy atom. The van der Waals surface area contributed by atoms with E-state index in [2.05, 4.69) is 57.4 Å². The molecule has 0 spiro atoms. The lowest BCUT2D eigenvalue weighted by molar-refractivity contribution is 1.11. The van der Waals surface area contributed by atoms with Crippen LogP contribution in [0.1, 0.15) is 11.3 Å². The smallest absolute Gasteiger partial charge is 0.0921 e. The Labute approximate surface area is 122 Å². The average Bonchev–Trinajstić information content (AvgIpc) is 3.05. The Morgan fingerprint density at radius 1 is 0.950 bits per heavy atom. The highest BCUT2D eigenvalue weighted by Gasteiger charge is 2.05. The Hall–Kier alpha value is -2.26. The number of hydrogen-bond donors (Lipinski definition) is 2. The first kappa shape index (κ1) is 12.8. The zero-order valence-electron chi connectivity index (χ0n) is 10.8. The van der Waals surface area contributed by atoms with E-state index in [9.17, 15) is 0 Å². The molecule has 2 aromatic heterocycles. The number of para-hydroxylation sites is 1. The van der Waals surface area contributed by atoms with Crippen molar-refractivity contribution < 1.29 is 0 Å². The Bertz CT molecular complexity index is 847. The summed E-state index contributed by atoms with van der Waals surface area (Å²) in [5.41, 5.74) is 4.80. The van der Waals surface area contributed by atoms with Crippen molar-refractivity contribution in [2.45, 2.75) is 6.42 Å². The molecule has 0 amide bonds. The van der Waals surface area contributed by atoms with Gasteiger partial charge in [-0.15, -0.1) is 12.4 Å². The van der Waals surface area contributed by atoms with Gasteiger partial charge < -0.3 is 9.97 Å². The number of rotatable bonds is 2. The van der Waals surface area contributed by atoms with Gasteiger partial charge in [0.05, 0.1) is 6.33 Å². The van der Waals surface area contributed by atoms with Crippen LogP contribution in [-0.4, -0.2) is 15.0 Å². The first-order valence-corrected chi connectivity index (χ1v) is 6.37. The van der Waals surface area contributed by atoms with Crippen LogP contribution in [0.5, 0.6) is 0 Å². The van der Waals surface area contributed by atoms with E-state index in [1.165, 1.54) is 27.4 Å². The van der Waals surface area contributed by atoms with Crippen molar-refractivity contribution in [3.8, 4) is 0 Å². The van der Waals surface area contributed by atoms with Gasteiger partial charge in [0.1, 0.15) is 0 Å². The molecule has 0 aliphatic heterocycles. The molecule has 0 atom stereocenters. The van der Waals surface area contributed by atoms with Crippen molar-refractivity contribution in [3.63, 3.8) is 0 Å². The molecular weight excluding hydrogens is 270 g/mol.